The topological polar surface area (TPSA) is 34.5 Å². The molecule has 18 heavy (non-hydrogen) atoms. The van der Waals surface area contributed by atoms with Crippen molar-refractivity contribution >= 4 is 0 Å². The molecular formula is C14H22N2O2. The van der Waals surface area contributed by atoms with E-state index in [0.29, 0.717) is 11.8 Å². The zero-order valence-electron chi connectivity index (χ0n) is 11.3. The number of pyridine rings is 1. The summed E-state index contributed by atoms with van der Waals surface area (Å²) in [6.45, 7) is 1.95. The van der Waals surface area contributed by atoms with Gasteiger partial charge in [-0.2, -0.15) is 0 Å². The molecule has 1 unspecified atom stereocenters. The Morgan fingerprint density at radius 1 is 1.44 bits per heavy atom. The summed E-state index contributed by atoms with van der Waals surface area (Å²) in [5, 5.41) is 0. The lowest BCUT2D eigenvalue weighted by Crippen LogP contribution is -2.37. The molecule has 2 rings (SSSR count). The predicted molar refractivity (Wildman–Crippen MR) is 72.1 cm³/mol. The first-order chi connectivity index (χ1) is 8.72. The van der Waals surface area contributed by atoms with E-state index < -0.39 is 0 Å². The largest absolute Gasteiger partial charge is 0.491 e. The fourth-order valence-corrected chi connectivity index (χ4v) is 2.64. The average Bonchev–Trinajstić information content (AvgIpc) is 2.39. The van der Waals surface area contributed by atoms with E-state index in [2.05, 4.69) is 11.9 Å². The van der Waals surface area contributed by atoms with Gasteiger partial charge in [-0.1, -0.05) is 6.42 Å². The second-order valence-electron chi connectivity index (χ2n) is 4.99. The van der Waals surface area contributed by atoms with Crippen molar-refractivity contribution in [2.75, 3.05) is 20.7 Å². The van der Waals surface area contributed by atoms with Crippen LogP contribution in [0.25, 0.3) is 0 Å². The standard InChI is InChI=1S/C14H22N2O2/c1-15-9-4-3-6-12(15)8-11-16-10-5-7-13(18-2)14(16)17/h5,7,10,12H,3-4,6,8-9,11H2,1-2H3. The molecule has 4 nitrogen and oxygen atoms in total. The predicted octanol–water partition coefficient (Wildman–Crippen LogP) is 1.73. The van der Waals surface area contributed by atoms with Crippen LogP contribution >= 0.6 is 0 Å². The monoisotopic (exact) mass is 250 g/mol. The Morgan fingerprint density at radius 2 is 2.28 bits per heavy atom. The van der Waals surface area contributed by atoms with Crippen LogP contribution in [0.15, 0.2) is 23.1 Å². The third-order valence-corrected chi connectivity index (χ3v) is 3.83. The lowest BCUT2D eigenvalue weighted by atomic mass is 10.0. The fourth-order valence-electron chi connectivity index (χ4n) is 2.64. The third-order valence-electron chi connectivity index (χ3n) is 3.83. The van der Waals surface area contributed by atoms with E-state index in [9.17, 15) is 4.79 Å². The van der Waals surface area contributed by atoms with Crippen molar-refractivity contribution < 1.29 is 4.74 Å². The van der Waals surface area contributed by atoms with Crippen LogP contribution in [-0.2, 0) is 6.54 Å². The lowest BCUT2D eigenvalue weighted by Gasteiger charge is -2.32. The molecule has 2 heterocycles. The van der Waals surface area contributed by atoms with Crippen LogP contribution in [-0.4, -0.2) is 36.2 Å². The van der Waals surface area contributed by atoms with Crippen LogP contribution in [0, 0.1) is 0 Å². The second kappa shape index (κ2) is 6.05. The van der Waals surface area contributed by atoms with Gasteiger partial charge in [0.25, 0.3) is 5.56 Å². The second-order valence-corrected chi connectivity index (χ2v) is 4.99. The quantitative estimate of drug-likeness (QED) is 0.816. The maximum atomic E-state index is 12.0. The number of methoxy groups -OCH3 is 1. The lowest BCUT2D eigenvalue weighted by molar-refractivity contribution is 0.170. The molecular weight excluding hydrogens is 228 g/mol. The number of ether oxygens (including phenoxy) is 1. The molecule has 1 fully saturated rings. The first-order valence-electron chi connectivity index (χ1n) is 6.66. The molecule has 1 aromatic heterocycles. The first-order valence-corrected chi connectivity index (χ1v) is 6.66. The minimum absolute atomic E-state index is 0.0292. The number of hydrogen-bond donors (Lipinski definition) is 0. The number of rotatable bonds is 4. The van der Waals surface area contributed by atoms with Gasteiger partial charge >= 0.3 is 0 Å². The maximum Gasteiger partial charge on any atom is 0.292 e. The van der Waals surface area contributed by atoms with Crippen molar-refractivity contribution in [1.82, 2.24) is 9.47 Å². The summed E-state index contributed by atoms with van der Waals surface area (Å²) in [4.78, 5) is 14.4. The highest BCUT2D eigenvalue weighted by Crippen LogP contribution is 2.18. The van der Waals surface area contributed by atoms with Crippen molar-refractivity contribution in [3.63, 3.8) is 0 Å². The van der Waals surface area contributed by atoms with Crippen molar-refractivity contribution in [2.45, 2.75) is 38.3 Å². The summed E-state index contributed by atoms with van der Waals surface area (Å²) in [5.74, 6) is 0.425. The zero-order valence-corrected chi connectivity index (χ0v) is 11.3. The van der Waals surface area contributed by atoms with E-state index in [0.717, 1.165) is 13.0 Å². The van der Waals surface area contributed by atoms with Crippen LogP contribution < -0.4 is 10.3 Å². The molecule has 4 heteroatoms. The highest BCUT2D eigenvalue weighted by Gasteiger charge is 2.18. The zero-order chi connectivity index (χ0) is 13.0. The Morgan fingerprint density at radius 3 is 3.00 bits per heavy atom. The van der Waals surface area contributed by atoms with E-state index in [4.69, 9.17) is 4.74 Å². The van der Waals surface area contributed by atoms with Gasteiger partial charge in [-0.05, 0) is 45.0 Å². The highest BCUT2D eigenvalue weighted by molar-refractivity contribution is 5.16. The molecule has 0 amide bonds. The van der Waals surface area contributed by atoms with Crippen molar-refractivity contribution in [2.24, 2.45) is 0 Å². The molecule has 0 N–H and O–H groups in total. The van der Waals surface area contributed by atoms with Crippen molar-refractivity contribution in [1.29, 1.82) is 0 Å². The number of likely N-dealkylation sites (tertiary alicyclic amines) is 1. The maximum absolute atomic E-state index is 12.0. The number of aryl methyl sites for hydroxylation is 1. The van der Waals surface area contributed by atoms with Gasteiger partial charge in [0.1, 0.15) is 0 Å². The van der Waals surface area contributed by atoms with E-state index in [1.165, 1.54) is 32.9 Å². The third kappa shape index (κ3) is 2.93. The number of nitrogens with zero attached hydrogens (tertiary/aromatic N) is 2. The Bertz CT molecular complexity index is 442. The molecule has 0 aromatic carbocycles. The van der Waals surface area contributed by atoms with Gasteiger partial charge in [0.05, 0.1) is 7.11 Å². The van der Waals surface area contributed by atoms with Crippen LogP contribution in [0.5, 0.6) is 5.75 Å². The summed E-state index contributed by atoms with van der Waals surface area (Å²) < 4.78 is 6.81. The van der Waals surface area contributed by atoms with Gasteiger partial charge in [-0.15, -0.1) is 0 Å². The minimum Gasteiger partial charge on any atom is -0.491 e. The number of piperidine rings is 1. The number of aromatic nitrogens is 1. The van der Waals surface area contributed by atoms with E-state index >= 15 is 0 Å². The summed E-state index contributed by atoms with van der Waals surface area (Å²) in [6.07, 6.45) is 6.72. The van der Waals surface area contributed by atoms with Gasteiger partial charge in [0, 0.05) is 18.8 Å². The van der Waals surface area contributed by atoms with Crippen molar-refractivity contribution in [3.8, 4) is 5.75 Å². The van der Waals surface area contributed by atoms with E-state index in [1.807, 2.05) is 12.3 Å². The fraction of sp³-hybridized carbons (Fsp3) is 0.643. The summed E-state index contributed by atoms with van der Waals surface area (Å²) in [7, 11) is 3.72. The molecule has 0 spiro atoms. The van der Waals surface area contributed by atoms with Crippen LogP contribution in [0.1, 0.15) is 25.7 Å². The Labute approximate surface area is 108 Å². The average molecular weight is 250 g/mol. The van der Waals surface area contributed by atoms with Crippen LogP contribution in [0.3, 0.4) is 0 Å². The summed E-state index contributed by atoms with van der Waals surface area (Å²) in [6, 6.07) is 4.19. The normalized spacial score (nSPS) is 20.9. The molecule has 0 aliphatic carbocycles. The van der Waals surface area contributed by atoms with Crippen LogP contribution in [0.4, 0.5) is 0 Å². The van der Waals surface area contributed by atoms with Crippen molar-refractivity contribution in [3.05, 3.63) is 28.7 Å². The molecule has 1 aliphatic rings. The van der Waals surface area contributed by atoms with Gasteiger partial charge in [-0.3, -0.25) is 4.79 Å². The Hall–Kier alpha value is -1.29. The molecule has 0 saturated carbocycles. The molecule has 100 valence electrons. The molecule has 1 saturated heterocycles. The minimum atomic E-state index is -0.0292. The molecule has 1 aliphatic heterocycles. The smallest absolute Gasteiger partial charge is 0.292 e. The van der Waals surface area contributed by atoms with Crippen LogP contribution in [0.2, 0.25) is 0 Å². The van der Waals surface area contributed by atoms with E-state index in [-0.39, 0.29) is 5.56 Å². The first kappa shape index (κ1) is 13.1. The van der Waals surface area contributed by atoms with Gasteiger partial charge in [-0.25, -0.2) is 0 Å². The highest BCUT2D eigenvalue weighted by atomic mass is 16.5. The molecule has 0 bridgehead atoms. The summed E-state index contributed by atoms with van der Waals surface area (Å²) >= 11 is 0. The van der Waals surface area contributed by atoms with Gasteiger partial charge < -0.3 is 14.2 Å². The summed E-state index contributed by atoms with van der Waals surface area (Å²) in [5.41, 5.74) is -0.0292. The number of hydrogen-bond acceptors (Lipinski definition) is 3. The van der Waals surface area contributed by atoms with Gasteiger partial charge in [0.15, 0.2) is 5.75 Å². The molecule has 0 radical (unpaired) electrons. The molecule has 1 atom stereocenters. The van der Waals surface area contributed by atoms with E-state index in [1.54, 1.807) is 10.6 Å². The Kier molecular flexibility index (Phi) is 4.42. The Balaban J connectivity index is 1.99. The molecule has 1 aromatic rings. The van der Waals surface area contributed by atoms with Gasteiger partial charge in [0.2, 0.25) is 0 Å². The SMILES string of the molecule is COc1cccn(CCC2CCCCN2C)c1=O.